The summed E-state index contributed by atoms with van der Waals surface area (Å²) in [7, 11) is 0. The van der Waals surface area contributed by atoms with Crippen LogP contribution < -0.4 is 10.1 Å². The van der Waals surface area contributed by atoms with Crippen molar-refractivity contribution in [2.75, 3.05) is 6.54 Å². The number of nitrogens with zero attached hydrogens (tertiary/aromatic N) is 5. The summed E-state index contributed by atoms with van der Waals surface area (Å²) in [5.41, 5.74) is 4.54. The minimum absolute atomic E-state index is 0.0222. The Balaban J connectivity index is 1.23. The fourth-order valence-electron chi connectivity index (χ4n) is 4.53. The van der Waals surface area contributed by atoms with Crippen molar-refractivity contribution < 1.29 is 9.53 Å². The average Bonchev–Trinajstić information content (AvgIpc) is 3.59. The van der Waals surface area contributed by atoms with Crippen molar-refractivity contribution in [1.29, 1.82) is 0 Å². The van der Waals surface area contributed by atoms with Gasteiger partial charge in [0, 0.05) is 19.6 Å². The van der Waals surface area contributed by atoms with E-state index < -0.39 is 0 Å². The molecule has 0 bridgehead atoms. The predicted molar refractivity (Wildman–Crippen MR) is 136 cm³/mol. The van der Waals surface area contributed by atoms with Crippen LogP contribution in [0, 0.1) is 6.92 Å². The highest BCUT2D eigenvalue weighted by molar-refractivity contribution is 5.82. The third kappa shape index (κ3) is 5.95. The first-order valence-corrected chi connectivity index (χ1v) is 12.2. The third-order valence-corrected chi connectivity index (χ3v) is 6.57. The molecule has 8 heteroatoms. The lowest BCUT2D eigenvalue weighted by Crippen LogP contribution is -2.42. The lowest BCUT2D eigenvalue weighted by atomic mass is 10.1. The molecule has 3 aromatic carbocycles. The first-order chi connectivity index (χ1) is 17.6. The molecule has 36 heavy (non-hydrogen) atoms. The summed E-state index contributed by atoms with van der Waals surface area (Å²) in [6.07, 6.45) is 2.28. The first-order valence-electron chi connectivity index (χ1n) is 12.2. The van der Waals surface area contributed by atoms with Gasteiger partial charge in [0.25, 0.3) is 0 Å². The van der Waals surface area contributed by atoms with Crippen LogP contribution in [0.25, 0.3) is 0 Å². The number of aromatic nitrogens is 4. The molecule has 0 radical (unpaired) electrons. The summed E-state index contributed by atoms with van der Waals surface area (Å²) in [5.74, 6) is 0.844. The number of carbonyl (C=O) groups is 1. The summed E-state index contributed by atoms with van der Waals surface area (Å²) in [5, 5.41) is 14.7. The van der Waals surface area contributed by atoms with Gasteiger partial charge in [0.2, 0.25) is 5.91 Å². The van der Waals surface area contributed by atoms with Crippen LogP contribution in [-0.4, -0.2) is 43.6 Å². The van der Waals surface area contributed by atoms with Gasteiger partial charge in [-0.3, -0.25) is 9.69 Å². The molecule has 0 unspecified atom stereocenters. The molecule has 0 aliphatic carbocycles. The number of hydrogen-bond acceptors (Lipinski definition) is 6. The minimum Gasteiger partial charge on any atom is -0.489 e. The number of hydrogen-bond donors (Lipinski definition) is 1. The number of nitrogens with one attached hydrogen (secondary N) is 1. The molecule has 2 atom stereocenters. The Labute approximate surface area is 210 Å². The average molecular weight is 483 g/mol. The molecule has 0 saturated carbocycles. The maximum Gasteiger partial charge on any atom is 0.237 e. The molecule has 5 rings (SSSR count). The van der Waals surface area contributed by atoms with Gasteiger partial charge in [0.05, 0.1) is 12.1 Å². The second-order valence-electron chi connectivity index (χ2n) is 9.25. The Kier molecular flexibility index (Phi) is 7.33. The van der Waals surface area contributed by atoms with E-state index in [0.29, 0.717) is 32.7 Å². The minimum atomic E-state index is -0.265. The zero-order valence-corrected chi connectivity index (χ0v) is 20.3. The van der Waals surface area contributed by atoms with E-state index in [9.17, 15) is 4.79 Å². The smallest absolute Gasteiger partial charge is 0.237 e. The van der Waals surface area contributed by atoms with Crippen LogP contribution in [0.1, 0.15) is 34.7 Å². The maximum atomic E-state index is 13.2. The van der Waals surface area contributed by atoms with E-state index in [-0.39, 0.29) is 18.0 Å². The summed E-state index contributed by atoms with van der Waals surface area (Å²) >= 11 is 0. The third-order valence-electron chi connectivity index (χ3n) is 6.57. The van der Waals surface area contributed by atoms with E-state index in [1.54, 1.807) is 11.0 Å². The molecule has 1 fully saturated rings. The summed E-state index contributed by atoms with van der Waals surface area (Å²) in [4.78, 5) is 15.4. The topological polar surface area (TPSA) is 85.2 Å². The molecular weight excluding hydrogens is 452 g/mol. The summed E-state index contributed by atoms with van der Waals surface area (Å²) < 4.78 is 7.67. The van der Waals surface area contributed by atoms with Crippen LogP contribution in [0.2, 0.25) is 0 Å². The Hall–Kier alpha value is -4.04. The fraction of sp³-hybridized carbons (Fsp3) is 0.286. The molecule has 1 N–H and O–H groups in total. The molecule has 8 nitrogen and oxygen atoms in total. The quantitative estimate of drug-likeness (QED) is 0.392. The SMILES string of the molecule is Cc1ccc(CNC(=O)[C@@H]2C[C@H](n3cnnn3)CN2Cc2ccc(OCc3ccccc3)cc2)cc1. The molecule has 1 aliphatic rings. The molecule has 1 amide bonds. The molecular formula is C28H30N6O2. The second kappa shape index (κ2) is 11.1. The van der Waals surface area contributed by atoms with Gasteiger partial charge in [-0.05, 0) is 52.6 Å². The lowest BCUT2D eigenvalue weighted by Gasteiger charge is -2.23. The molecule has 1 saturated heterocycles. The van der Waals surface area contributed by atoms with Crippen LogP contribution in [0.15, 0.2) is 85.2 Å². The van der Waals surface area contributed by atoms with Crippen molar-refractivity contribution in [2.45, 2.75) is 45.1 Å². The number of benzene rings is 3. The van der Waals surface area contributed by atoms with Crippen molar-refractivity contribution in [3.63, 3.8) is 0 Å². The van der Waals surface area contributed by atoms with E-state index in [0.717, 1.165) is 22.4 Å². The lowest BCUT2D eigenvalue weighted by molar-refractivity contribution is -0.125. The van der Waals surface area contributed by atoms with Crippen LogP contribution in [0.4, 0.5) is 0 Å². The van der Waals surface area contributed by atoms with Crippen LogP contribution in [0.3, 0.4) is 0 Å². The highest BCUT2D eigenvalue weighted by atomic mass is 16.5. The zero-order valence-electron chi connectivity index (χ0n) is 20.3. The number of likely N-dealkylation sites (tertiary alicyclic amines) is 1. The van der Waals surface area contributed by atoms with Crippen molar-refractivity contribution in [1.82, 2.24) is 30.4 Å². The van der Waals surface area contributed by atoms with Crippen molar-refractivity contribution in [3.05, 3.63) is 107 Å². The van der Waals surface area contributed by atoms with Crippen LogP contribution in [0.5, 0.6) is 5.75 Å². The van der Waals surface area contributed by atoms with E-state index in [1.165, 1.54) is 5.56 Å². The van der Waals surface area contributed by atoms with Crippen molar-refractivity contribution >= 4 is 5.91 Å². The van der Waals surface area contributed by atoms with Crippen LogP contribution in [-0.2, 0) is 24.5 Å². The van der Waals surface area contributed by atoms with Gasteiger partial charge in [0.15, 0.2) is 0 Å². The Morgan fingerprint density at radius 1 is 0.972 bits per heavy atom. The molecule has 1 aromatic heterocycles. The van der Waals surface area contributed by atoms with Gasteiger partial charge < -0.3 is 10.1 Å². The Morgan fingerprint density at radius 3 is 2.44 bits per heavy atom. The predicted octanol–water partition coefficient (Wildman–Crippen LogP) is 3.69. The number of aryl methyl sites for hydroxylation is 1. The van der Waals surface area contributed by atoms with Crippen molar-refractivity contribution in [2.24, 2.45) is 0 Å². The van der Waals surface area contributed by atoms with Gasteiger partial charge in [-0.25, -0.2) is 4.68 Å². The highest BCUT2D eigenvalue weighted by Crippen LogP contribution is 2.29. The Morgan fingerprint density at radius 2 is 1.72 bits per heavy atom. The number of carbonyl (C=O) groups excluding carboxylic acids is 1. The van der Waals surface area contributed by atoms with Crippen molar-refractivity contribution in [3.8, 4) is 5.75 Å². The van der Waals surface area contributed by atoms with Crippen LogP contribution >= 0.6 is 0 Å². The number of rotatable bonds is 9. The van der Waals surface area contributed by atoms with Gasteiger partial charge >= 0.3 is 0 Å². The van der Waals surface area contributed by atoms with Gasteiger partial charge in [-0.2, -0.15) is 0 Å². The fourth-order valence-corrected chi connectivity index (χ4v) is 4.53. The molecule has 184 valence electrons. The van der Waals surface area contributed by atoms with E-state index in [1.807, 2.05) is 54.6 Å². The van der Waals surface area contributed by atoms with Gasteiger partial charge in [-0.1, -0.05) is 72.3 Å². The van der Waals surface area contributed by atoms with E-state index >= 15 is 0 Å². The van der Waals surface area contributed by atoms with Gasteiger partial charge in [0.1, 0.15) is 18.7 Å². The maximum absolute atomic E-state index is 13.2. The molecule has 2 heterocycles. The largest absolute Gasteiger partial charge is 0.489 e. The summed E-state index contributed by atoms with van der Waals surface area (Å²) in [6.45, 7) is 4.44. The Bertz CT molecular complexity index is 1240. The zero-order chi connectivity index (χ0) is 24.7. The van der Waals surface area contributed by atoms with Gasteiger partial charge in [-0.15, -0.1) is 5.10 Å². The van der Waals surface area contributed by atoms with E-state index in [4.69, 9.17) is 4.74 Å². The normalized spacial score (nSPS) is 17.7. The number of amides is 1. The molecule has 0 spiro atoms. The monoisotopic (exact) mass is 482 g/mol. The second-order valence-corrected chi connectivity index (χ2v) is 9.25. The number of tetrazole rings is 1. The van der Waals surface area contributed by atoms with E-state index in [2.05, 4.69) is 56.9 Å². The number of ether oxygens (including phenoxy) is 1. The first kappa shape index (κ1) is 23.7. The highest BCUT2D eigenvalue weighted by Gasteiger charge is 2.38. The standard InChI is InChI=1S/C28H30N6O2/c1-21-7-9-22(10-8-21)16-29-28(35)27-15-25(34-20-30-31-32-34)18-33(27)17-23-11-13-26(14-12-23)36-19-24-5-3-2-4-6-24/h2-14,20,25,27H,15-19H2,1H3,(H,29,35)/t25-,27-/m0/s1. The summed E-state index contributed by atoms with van der Waals surface area (Å²) in [6, 6.07) is 26.2. The molecule has 4 aromatic rings. The molecule has 1 aliphatic heterocycles.